The maximum absolute atomic E-state index is 13.4. The standard InChI is InChI=1S/C20H27N3O4/c24-15-11-22(10-9-21-15)18(25)16-14-7-8-20(27-14)12-23(19(26)17(16)20)13-5-3-1-2-4-6-13/h7-8,13-14,16-17H,1-6,9-12H2,(H,21,24)/t14-,16+,17+,20-/m0/s1. The summed E-state index contributed by atoms with van der Waals surface area (Å²) in [5.74, 6) is -1.10. The van der Waals surface area contributed by atoms with Crippen molar-refractivity contribution in [3.63, 3.8) is 0 Å². The molecule has 4 aliphatic heterocycles. The predicted molar refractivity (Wildman–Crippen MR) is 96.5 cm³/mol. The SMILES string of the molecule is O=C1CN(C(=O)[C@@H]2[C@@H]3C=C[C@@]4(CN(C5CCCCCC5)C(=O)[C@@H]24)O3)CCN1. The first-order valence-corrected chi connectivity index (χ1v) is 10.3. The first-order chi connectivity index (χ1) is 13.1. The number of hydrogen-bond acceptors (Lipinski definition) is 4. The minimum Gasteiger partial charge on any atom is -0.360 e. The zero-order valence-corrected chi connectivity index (χ0v) is 15.6. The molecular formula is C20H27N3O4. The third-order valence-electron chi connectivity index (χ3n) is 7.03. The zero-order chi connectivity index (χ0) is 18.6. The van der Waals surface area contributed by atoms with Crippen LogP contribution in [0.1, 0.15) is 38.5 Å². The highest BCUT2D eigenvalue weighted by Gasteiger charge is 2.67. The topological polar surface area (TPSA) is 79.0 Å². The van der Waals surface area contributed by atoms with Gasteiger partial charge in [0, 0.05) is 19.1 Å². The van der Waals surface area contributed by atoms with Crippen LogP contribution in [0.5, 0.6) is 0 Å². The first kappa shape index (κ1) is 17.2. The van der Waals surface area contributed by atoms with Crippen LogP contribution in [-0.4, -0.2) is 71.4 Å². The Labute approximate surface area is 159 Å². The number of carbonyl (C=O) groups excluding carboxylic acids is 3. The van der Waals surface area contributed by atoms with Crippen LogP contribution in [0.15, 0.2) is 12.2 Å². The van der Waals surface area contributed by atoms with Gasteiger partial charge in [0.15, 0.2) is 0 Å². The number of nitrogens with one attached hydrogen (secondary N) is 1. The van der Waals surface area contributed by atoms with Gasteiger partial charge in [0.1, 0.15) is 5.60 Å². The van der Waals surface area contributed by atoms with E-state index >= 15 is 0 Å². The summed E-state index contributed by atoms with van der Waals surface area (Å²) in [5.41, 5.74) is -0.646. The molecule has 3 saturated heterocycles. The van der Waals surface area contributed by atoms with E-state index in [0.717, 1.165) is 25.7 Å². The highest BCUT2D eigenvalue weighted by Crippen LogP contribution is 2.53. The van der Waals surface area contributed by atoms with Gasteiger partial charge in [-0.3, -0.25) is 14.4 Å². The number of likely N-dealkylation sites (tertiary alicyclic amines) is 1. The molecule has 0 aromatic heterocycles. The van der Waals surface area contributed by atoms with E-state index in [-0.39, 0.29) is 36.4 Å². The molecule has 1 spiro atoms. The summed E-state index contributed by atoms with van der Waals surface area (Å²) in [6.07, 6.45) is 10.5. The molecule has 27 heavy (non-hydrogen) atoms. The van der Waals surface area contributed by atoms with Gasteiger partial charge in [-0.25, -0.2) is 0 Å². The Morgan fingerprint density at radius 1 is 1.19 bits per heavy atom. The van der Waals surface area contributed by atoms with Crippen molar-refractivity contribution in [3.8, 4) is 0 Å². The van der Waals surface area contributed by atoms with Crippen LogP contribution in [-0.2, 0) is 19.1 Å². The smallest absolute Gasteiger partial charge is 0.239 e. The highest BCUT2D eigenvalue weighted by atomic mass is 16.5. The van der Waals surface area contributed by atoms with E-state index in [1.807, 2.05) is 17.1 Å². The van der Waals surface area contributed by atoms with E-state index in [0.29, 0.717) is 19.6 Å². The maximum Gasteiger partial charge on any atom is 0.239 e. The van der Waals surface area contributed by atoms with Crippen LogP contribution in [0, 0.1) is 11.8 Å². The van der Waals surface area contributed by atoms with Crippen LogP contribution < -0.4 is 5.32 Å². The number of ether oxygens (including phenoxy) is 1. The van der Waals surface area contributed by atoms with Crippen LogP contribution in [0.3, 0.4) is 0 Å². The highest BCUT2D eigenvalue weighted by molar-refractivity contribution is 5.94. The van der Waals surface area contributed by atoms with Crippen molar-refractivity contribution >= 4 is 17.7 Å². The summed E-state index contributed by atoms with van der Waals surface area (Å²) in [6.45, 7) is 1.61. The summed E-state index contributed by atoms with van der Waals surface area (Å²) in [5, 5.41) is 2.75. The van der Waals surface area contributed by atoms with Gasteiger partial charge in [-0.05, 0) is 12.8 Å². The second-order valence-electron chi connectivity index (χ2n) is 8.62. The fourth-order valence-electron chi connectivity index (χ4n) is 5.73. The molecule has 0 aromatic rings. The van der Waals surface area contributed by atoms with Crippen molar-refractivity contribution < 1.29 is 19.1 Å². The van der Waals surface area contributed by atoms with Gasteiger partial charge in [0.25, 0.3) is 0 Å². The Morgan fingerprint density at radius 2 is 1.96 bits per heavy atom. The lowest BCUT2D eigenvalue weighted by molar-refractivity contribution is -0.146. The molecule has 1 aliphatic carbocycles. The molecule has 4 heterocycles. The van der Waals surface area contributed by atoms with Crippen LogP contribution in [0.4, 0.5) is 0 Å². The molecule has 1 N–H and O–H groups in total. The third-order valence-corrected chi connectivity index (χ3v) is 7.03. The van der Waals surface area contributed by atoms with Gasteiger partial charge < -0.3 is 19.9 Å². The fourth-order valence-corrected chi connectivity index (χ4v) is 5.73. The van der Waals surface area contributed by atoms with Crippen molar-refractivity contribution in [1.82, 2.24) is 15.1 Å². The van der Waals surface area contributed by atoms with Crippen molar-refractivity contribution in [2.24, 2.45) is 11.8 Å². The van der Waals surface area contributed by atoms with Gasteiger partial charge in [0.2, 0.25) is 17.7 Å². The molecule has 5 aliphatic rings. The Balaban J connectivity index is 1.39. The number of fused-ring (bicyclic) bond motifs is 1. The molecule has 146 valence electrons. The van der Waals surface area contributed by atoms with Crippen LogP contribution >= 0.6 is 0 Å². The van der Waals surface area contributed by atoms with E-state index in [9.17, 15) is 14.4 Å². The van der Waals surface area contributed by atoms with E-state index < -0.39 is 17.4 Å². The van der Waals surface area contributed by atoms with Gasteiger partial charge in [-0.1, -0.05) is 37.8 Å². The van der Waals surface area contributed by atoms with Gasteiger partial charge in [-0.2, -0.15) is 0 Å². The average molecular weight is 373 g/mol. The lowest BCUT2D eigenvalue weighted by atomic mass is 9.76. The second kappa shape index (κ2) is 6.33. The van der Waals surface area contributed by atoms with E-state index in [2.05, 4.69) is 5.32 Å². The van der Waals surface area contributed by atoms with E-state index in [1.165, 1.54) is 12.8 Å². The lowest BCUT2D eigenvalue weighted by Crippen LogP contribution is -2.54. The van der Waals surface area contributed by atoms with Crippen molar-refractivity contribution in [2.45, 2.75) is 56.3 Å². The maximum atomic E-state index is 13.4. The Kier molecular flexibility index (Phi) is 4.04. The van der Waals surface area contributed by atoms with E-state index in [4.69, 9.17) is 4.74 Å². The molecular weight excluding hydrogens is 346 g/mol. The molecule has 7 heteroatoms. The number of amides is 3. The molecule has 5 rings (SSSR count). The quantitative estimate of drug-likeness (QED) is 0.563. The number of hydrogen-bond donors (Lipinski definition) is 1. The Bertz CT molecular complexity index is 699. The number of piperazine rings is 1. The van der Waals surface area contributed by atoms with Crippen molar-refractivity contribution in [3.05, 3.63) is 12.2 Å². The summed E-state index contributed by atoms with van der Waals surface area (Å²) < 4.78 is 6.24. The Hall–Kier alpha value is -1.89. The monoisotopic (exact) mass is 373 g/mol. The summed E-state index contributed by atoms with van der Waals surface area (Å²) in [6, 6.07) is 0.271. The minimum absolute atomic E-state index is 0.0754. The second-order valence-corrected chi connectivity index (χ2v) is 8.62. The summed E-state index contributed by atoms with van der Waals surface area (Å²) >= 11 is 0. The fraction of sp³-hybridized carbons (Fsp3) is 0.750. The van der Waals surface area contributed by atoms with Gasteiger partial charge >= 0.3 is 0 Å². The van der Waals surface area contributed by atoms with Gasteiger partial charge in [-0.15, -0.1) is 0 Å². The van der Waals surface area contributed by atoms with Gasteiger partial charge in [0.05, 0.1) is 31.0 Å². The first-order valence-electron chi connectivity index (χ1n) is 10.3. The number of carbonyl (C=O) groups is 3. The largest absolute Gasteiger partial charge is 0.360 e. The molecule has 7 nitrogen and oxygen atoms in total. The minimum atomic E-state index is -0.646. The van der Waals surface area contributed by atoms with Crippen LogP contribution in [0.25, 0.3) is 0 Å². The molecule has 4 atom stereocenters. The molecule has 0 radical (unpaired) electrons. The molecule has 2 bridgehead atoms. The average Bonchev–Trinajstić information content (AvgIpc) is 3.21. The Morgan fingerprint density at radius 3 is 2.70 bits per heavy atom. The van der Waals surface area contributed by atoms with Crippen LogP contribution in [0.2, 0.25) is 0 Å². The predicted octanol–water partition coefficient (Wildman–Crippen LogP) is 0.450. The van der Waals surface area contributed by atoms with E-state index in [1.54, 1.807) is 4.90 Å². The van der Waals surface area contributed by atoms with Crippen molar-refractivity contribution in [1.29, 1.82) is 0 Å². The number of rotatable bonds is 2. The normalized spacial score (nSPS) is 38.9. The number of nitrogens with zero attached hydrogens (tertiary/aromatic N) is 2. The molecule has 3 amide bonds. The summed E-state index contributed by atoms with van der Waals surface area (Å²) in [4.78, 5) is 41.9. The lowest BCUT2D eigenvalue weighted by Gasteiger charge is -2.32. The molecule has 0 unspecified atom stereocenters. The molecule has 1 saturated carbocycles. The molecule has 0 aromatic carbocycles. The third kappa shape index (κ3) is 2.62. The molecule has 4 fully saturated rings. The summed E-state index contributed by atoms with van der Waals surface area (Å²) in [7, 11) is 0. The zero-order valence-electron chi connectivity index (χ0n) is 15.6. The van der Waals surface area contributed by atoms with Crippen molar-refractivity contribution in [2.75, 3.05) is 26.2 Å².